The maximum Gasteiger partial charge on any atom is 0.179 e. The van der Waals surface area contributed by atoms with Crippen molar-refractivity contribution in [1.29, 1.82) is 5.26 Å². The number of nitrogens with zero attached hydrogens (tertiary/aromatic N) is 3. The Kier molecular flexibility index (Phi) is 4.53. The third-order valence-electron chi connectivity index (χ3n) is 4.13. The number of rotatable bonds is 2. The molecule has 0 saturated heterocycles. The molecule has 0 aromatic heterocycles. The highest BCUT2D eigenvalue weighted by atomic mass is 79.9. The van der Waals surface area contributed by atoms with Crippen molar-refractivity contribution >= 4 is 56.5 Å². The van der Waals surface area contributed by atoms with Crippen LogP contribution in [0.15, 0.2) is 69.0 Å². The minimum atomic E-state index is -0.226. The SMILES string of the molecule is N#CC1=C(c2ccc(Br)cc2)N2C(c3ccc(Cl)cc3)=CSC2N=C1N. The molecule has 0 aliphatic carbocycles. The molecule has 2 aromatic rings. The number of hydrogen-bond acceptors (Lipinski definition) is 5. The molecule has 2 heterocycles. The predicted octanol–water partition coefficient (Wildman–Crippen LogP) is 5.04. The second-order valence-corrected chi connectivity index (χ2v) is 7.98. The summed E-state index contributed by atoms with van der Waals surface area (Å²) in [6, 6.07) is 17.7. The van der Waals surface area contributed by atoms with Gasteiger partial charge in [-0.25, -0.2) is 4.99 Å². The van der Waals surface area contributed by atoms with Crippen molar-refractivity contribution in [1.82, 2.24) is 4.90 Å². The molecule has 2 N–H and O–H groups in total. The Morgan fingerprint density at radius 3 is 2.42 bits per heavy atom. The minimum Gasteiger partial charge on any atom is -0.383 e. The number of aliphatic imine (C=N–C) groups is 1. The normalized spacial score (nSPS) is 19.0. The number of benzene rings is 2. The van der Waals surface area contributed by atoms with E-state index in [9.17, 15) is 5.26 Å². The minimum absolute atomic E-state index is 0.226. The van der Waals surface area contributed by atoms with Crippen molar-refractivity contribution < 1.29 is 0 Å². The molecule has 4 nitrogen and oxygen atoms in total. The second kappa shape index (κ2) is 6.84. The van der Waals surface area contributed by atoms with Crippen molar-refractivity contribution in [3.63, 3.8) is 0 Å². The van der Waals surface area contributed by atoms with Gasteiger partial charge in [-0.15, -0.1) is 0 Å². The molecule has 2 aliphatic rings. The van der Waals surface area contributed by atoms with Crippen LogP contribution >= 0.6 is 39.3 Å². The Bertz CT molecular complexity index is 1000. The van der Waals surface area contributed by atoms with E-state index in [0.717, 1.165) is 27.0 Å². The summed E-state index contributed by atoms with van der Waals surface area (Å²) >= 11 is 11.0. The number of thioether (sulfide) groups is 1. The van der Waals surface area contributed by atoms with E-state index in [0.29, 0.717) is 10.6 Å². The highest BCUT2D eigenvalue weighted by Crippen LogP contribution is 2.46. The van der Waals surface area contributed by atoms with Gasteiger partial charge in [0.05, 0.1) is 11.4 Å². The third kappa shape index (κ3) is 2.92. The summed E-state index contributed by atoms with van der Waals surface area (Å²) in [5.74, 6) is 0.268. The Morgan fingerprint density at radius 2 is 1.77 bits per heavy atom. The first-order valence-corrected chi connectivity index (χ1v) is 9.84. The van der Waals surface area contributed by atoms with Crippen molar-refractivity contribution in [3.05, 3.63) is 80.1 Å². The maximum atomic E-state index is 9.71. The van der Waals surface area contributed by atoms with Gasteiger partial charge in [0.25, 0.3) is 0 Å². The standard InChI is InChI=1S/C19H12BrClN4S/c20-13-5-1-12(2-6-13)17-15(9-22)18(23)24-19-25(17)16(10-26-19)11-3-7-14(21)8-4-11/h1-8,10,19H,(H2,23,24). The van der Waals surface area contributed by atoms with Crippen LogP contribution in [0.25, 0.3) is 11.4 Å². The monoisotopic (exact) mass is 442 g/mol. The fraction of sp³-hybridized carbons (Fsp3) is 0.0526. The third-order valence-corrected chi connectivity index (χ3v) is 5.83. The molecule has 26 heavy (non-hydrogen) atoms. The smallest absolute Gasteiger partial charge is 0.179 e. The average molecular weight is 444 g/mol. The first-order chi connectivity index (χ1) is 12.6. The summed E-state index contributed by atoms with van der Waals surface area (Å²) in [4.78, 5) is 6.56. The van der Waals surface area contributed by atoms with Gasteiger partial charge < -0.3 is 10.6 Å². The Hall–Kier alpha value is -2.20. The highest BCUT2D eigenvalue weighted by molar-refractivity contribution is 9.10. The lowest BCUT2D eigenvalue weighted by Crippen LogP contribution is -2.35. The largest absolute Gasteiger partial charge is 0.383 e. The molecule has 2 aliphatic heterocycles. The summed E-state index contributed by atoms with van der Waals surface area (Å²) < 4.78 is 0.971. The van der Waals surface area contributed by atoms with E-state index in [-0.39, 0.29) is 11.3 Å². The molecule has 0 spiro atoms. The van der Waals surface area contributed by atoms with Crippen LogP contribution in [-0.4, -0.2) is 16.2 Å². The molecule has 7 heteroatoms. The van der Waals surface area contributed by atoms with Gasteiger partial charge >= 0.3 is 0 Å². The topological polar surface area (TPSA) is 65.4 Å². The van der Waals surface area contributed by atoms with E-state index in [1.54, 1.807) is 11.8 Å². The zero-order chi connectivity index (χ0) is 18.3. The molecule has 0 radical (unpaired) electrons. The fourth-order valence-corrected chi connectivity index (χ4v) is 4.34. The lowest BCUT2D eigenvalue weighted by molar-refractivity contribution is 0.534. The number of hydrogen-bond donors (Lipinski definition) is 1. The first-order valence-electron chi connectivity index (χ1n) is 7.73. The summed E-state index contributed by atoms with van der Waals surface area (Å²) in [6.07, 6.45) is 0. The van der Waals surface area contributed by atoms with Gasteiger partial charge in [0.15, 0.2) is 5.50 Å². The van der Waals surface area contributed by atoms with Crippen molar-refractivity contribution in [2.45, 2.75) is 5.50 Å². The lowest BCUT2D eigenvalue weighted by atomic mass is 10.0. The van der Waals surface area contributed by atoms with E-state index >= 15 is 0 Å². The van der Waals surface area contributed by atoms with Gasteiger partial charge in [-0.05, 0) is 40.8 Å². The van der Waals surface area contributed by atoms with Crippen LogP contribution in [0, 0.1) is 11.3 Å². The zero-order valence-electron chi connectivity index (χ0n) is 13.4. The lowest BCUT2D eigenvalue weighted by Gasteiger charge is -2.33. The number of fused-ring (bicyclic) bond motifs is 1. The van der Waals surface area contributed by atoms with Crippen LogP contribution in [0.3, 0.4) is 0 Å². The summed E-state index contributed by atoms with van der Waals surface area (Å²) in [6.45, 7) is 0. The van der Waals surface area contributed by atoms with Gasteiger partial charge in [0.2, 0.25) is 0 Å². The van der Waals surface area contributed by atoms with Crippen LogP contribution in [0.1, 0.15) is 11.1 Å². The van der Waals surface area contributed by atoms with Crippen LogP contribution in [-0.2, 0) is 0 Å². The quantitative estimate of drug-likeness (QED) is 0.706. The molecular formula is C19H12BrClN4S. The molecular weight excluding hydrogens is 432 g/mol. The average Bonchev–Trinajstić information content (AvgIpc) is 3.05. The van der Waals surface area contributed by atoms with Crippen molar-refractivity contribution in [2.24, 2.45) is 10.7 Å². The van der Waals surface area contributed by atoms with Crippen LogP contribution in [0.2, 0.25) is 5.02 Å². The molecule has 2 aromatic carbocycles. The van der Waals surface area contributed by atoms with Gasteiger partial charge in [0.1, 0.15) is 17.5 Å². The van der Waals surface area contributed by atoms with Crippen LogP contribution in [0.4, 0.5) is 0 Å². The van der Waals surface area contributed by atoms with Crippen LogP contribution < -0.4 is 5.73 Å². The summed E-state index contributed by atoms with van der Waals surface area (Å²) in [5.41, 5.74) is 9.90. The first kappa shape index (κ1) is 17.2. The van der Waals surface area contributed by atoms with Gasteiger partial charge in [-0.2, -0.15) is 5.26 Å². The Labute approximate surface area is 168 Å². The number of nitrogens with two attached hydrogens (primary N) is 1. The van der Waals surface area contributed by atoms with E-state index < -0.39 is 0 Å². The van der Waals surface area contributed by atoms with Gasteiger partial charge in [-0.3, -0.25) is 0 Å². The van der Waals surface area contributed by atoms with E-state index in [1.807, 2.05) is 53.9 Å². The number of halogens is 2. The maximum absolute atomic E-state index is 9.71. The van der Waals surface area contributed by atoms with E-state index in [2.05, 4.69) is 31.9 Å². The fourth-order valence-electron chi connectivity index (χ4n) is 2.94. The molecule has 0 saturated carbocycles. The van der Waals surface area contributed by atoms with Gasteiger partial charge in [0, 0.05) is 9.50 Å². The molecule has 0 amide bonds. The van der Waals surface area contributed by atoms with Crippen LogP contribution in [0.5, 0.6) is 0 Å². The molecule has 1 unspecified atom stereocenters. The summed E-state index contributed by atoms with van der Waals surface area (Å²) in [7, 11) is 0. The van der Waals surface area contributed by atoms with Crippen molar-refractivity contribution in [2.75, 3.05) is 0 Å². The molecule has 128 valence electrons. The Balaban J connectivity index is 1.87. The highest BCUT2D eigenvalue weighted by Gasteiger charge is 2.36. The molecule has 4 rings (SSSR count). The second-order valence-electron chi connectivity index (χ2n) is 5.70. The Morgan fingerprint density at radius 1 is 1.12 bits per heavy atom. The molecule has 0 fully saturated rings. The van der Waals surface area contributed by atoms with Crippen molar-refractivity contribution in [3.8, 4) is 6.07 Å². The summed E-state index contributed by atoms with van der Waals surface area (Å²) in [5, 5.41) is 12.4. The number of nitriles is 1. The predicted molar refractivity (Wildman–Crippen MR) is 111 cm³/mol. The molecule has 0 bridgehead atoms. The molecule has 1 atom stereocenters. The van der Waals surface area contributed by atoms with Gasteiger partial charge in [-0.1, -0.05) is 63.6 Å². The number of amidine groups is 1. The van der Waals surface area contributed by atoms with E-state index in [4.69, 9.17) is 17.3 Å². The van der Waals surface area contributed by atoms with E-state index in [1.165, 1.54) is 0 Å². The zero-order valence-corrected chi connectivity index (χ0v) is 16.5.